The standard InChI is InChI=1S/C23H14ClFN4O3S/c1-29-19(23(31)32-28-29)20(30)21-18(26)17-15(12-3-2-4-14(25)9-12)10-16(27-22(17)33-21)11-5-7-13(24)8-6-11/h2-10H,1H3,(H2-,26,28,30,31). The summed E-state index contributed by atoms with van der Waals surface area (Å²) in [5.41, 5.74) is 8.86. The van der Waals surface area contributed by atoms with Crippen LogP contribution in [-0.2, 0) is 7.05 Å². The Kier molecular flexibility index (Phi) is 5.07. The number of anilines is 1. The van der Waals surface area contributed by atoms with Gasteiger partial charge in [0.25, 0.3) is 5.78 Å². The highest BCUT2D eigenvalue weighted by Gasteiger charge is 2.30. The highest BCUT2D eigenvalue weighted by molar-refractivity contribution is 7.21. The Morgan fingerprint density at radius 2 is 1.94 bits per heavy atom. The largest absolute Gasteiger partial charge is 0.539 e. The van der Waals surface area contributed by atoms with Crippen molar-refractivity contribution in [2.24, 2.45) is 7.05 Å². The molecule has 33 heavy (non-hydrogen) atoms. The third kappa shape index (κ3) is 3.61. The number of hydrogen-bond donors (Lipinski definition) is 1. The van der Waals surface area contributed by atoms with Gasteiger partial charge in [-0.05, 0) is 41.5 Å². The Morgan fingerprint density at radius 3 is 2.61 bits per heavy atom. The SMILES string of the molecule is C[n+]1noc([O-])c1C(=O)c1sc2nc(-c3ccc(Cl)cc3)cc(-c3cccc(F)c3)c2c1N. The number of nitrogen functional groups attached to an aromatic ring is 1. The van der Waals surface area contributed by atoms with E-state index in [9.17, 15) is 14.3 Å². The maximum atomic E-state index is 14.1. The lowest BCUT2D eigenvalue weighted by Gasteiger charge is -2.09. The number of benzene rings is 2. The van der Waals surface area contributed by atoms with Gasteiger partial charge in [-0.25, -0.2) is 9.37 Å². The molecular formula is C23H14ClFN4O3S. The van der Waals surface area contributed by atoms with Crippen LogP contribution in [0.2, 0.25) is 5.02 Å². The highest BCUT2D eigenvalue weighted by Crippen LogP contribution is 2.42. The van der Waals surface area contributed by atoms with Crippen LogP contribution in [0.25, 0.3) is 32.6 Å². The van der Waals surface area contributed by atoms with Crippen LogP contribution in [0.4, 0.5) is 10.1 Å². The number of aromatic nitrogens is 3. The van der Waals surface area contributed by atoms with E-state index in [2.05, 4.69) is 9.79 Å². The van der Waals surface area contributed by atoms with Crippen molar-refractivity contribution in [2.45, 2.75) is 0 Å². The Morgan fingerprint density at radius 1 is 1.18 bits per heavy atom. The number of pyridine rings is 1. The van der Waals surface area contributed by atoms with Gasteiger partial charge >= 0.3 is 5.69 Å². The summed E-state index contributed by atoms with van der Waals surface area (Å²) in [4.78, 5) is 18.4. The molecule has 0 aliphatic carbocycles. The zero-order valence-corrected chi connectivity index (χ0v) is 18.6. The van der Waals surface area contributed by atoms with E-state index in [1.807, 2.05) is 12.1 Å². The molecule has 0 atom stereocenters. The monoisotopic (exact) mass is 480 g/mol. The second-order valence-corrected chi connectivity index (χ2v) is 8.69. The molecule has 0 aliphatic heterocycles. The van der Waals surface area contributed by atoms with Gasteiger partial charge in [0.1, 0.15) is 15.5 Å². The number of hydrogen-bond acceptors (Lipinski definition) is 7. The molecule has 3 heterocycles. The van der Waals surface area contributed by atoms with E-state index in [0.717, 1.165) is 21.6 Å². The zero-order valence-electron chi connectivity index (χ0n) is 17.0. The molecule has 0 fully saturated rings. The summed E-state index contributed by atoms with van der Waals surface area (Å²) in [7, 11) is 1.43. The Bertz CT molecular complexity index is 1530. The lowest BCUT2D eigenvalue weighted by Crippen LogP contribution is -2.37. The Hall–Kier alpha value is -3.82. The molecule has 10 heteroatoms. The van der Waals surface area contributed by atoms with Gasteiger partial charge < -0.3 is 15.4 Å². The minimum Gasteiger partial charge on any atom is -0.539 e. The van der Waals surface area contributed by atoms with Crippen LogP contribution in [0.3, 0.4) is 0 Å². The van der Waals surface area contributed by atoms with Gasteiger partial charge in [-0.1, -0.05) is 40.5 Å². The van der Waals surface area contributed by atoms with Gasteiger partial charge in [-0.3, -0.25) is 4.79 Å². The zero-order chi connectivity index (χ0) is 23.3. The first-order chi connectivity index (χ1) is 15.8. The number of rotatable bonds is 4. The molecule has 5 rings (SSSR count). The van der Waals surface area contributed by atoms with Crippen LogP contribution in [0.5, 0.6) is 5.95 Å². The summed E-state index contributed by atoms with van der Waals surface area (Å²) < 4.78 is 19.7. The molecule has 3 aromatic heterocycles. The third-order valence-electron chi connectivity index (χ3n) is 5.16. The molecular weight excluding hydrogens is 467 g/mol. The number of aryl methyl sites for hydroxylation is 1. The fourth-order valence-corrected chi connectivity index (χ4v) is 4.79. The number of carbonyl (C=O) groups is 1. The molecule has 7 nitrogen and oxygen atoms in total. The summed E-state index contributed by atoms with van der Waals surface area (Å²) in [5.74, 6) is -1.90. The van der Waals surface area contributed by atoms with Gasteiger partial charge in [0.2, 0.25) is 0 Å². The van der Waals surface area contributed by atoms with Crippen molar-refractivity contribution < 1.29 is 23.5 Å². The third-order valence-corrected chi connectivity index (χ3v) is 6.51. The smallest absolute Gasteiger partial charge is 0.305 e. The molecule has 0 spiro atoms. The van der Waals surface area contributed by atoms with Crippen molar-refractivity contribution in [3.05, 3.63) is 76.0 Å². The van der Waals surface area contributed by atoms with E-state index in [-0.39, 0.29) is 16.3 Å². The van der Waals surface area contributed by atoms with Crippen LogP contribution in [0, 0.1) is 5.82 Å². The average molecular weight is 481 g/mol. The van der Waals surface area contributed by atoms with Gasteiger partial charge in [0.05, 0.1) is 16.7 Å². The first-order valence-corrected chi connectivity index (χ1v) is 10.9. The molecule has 0 saturated carbocycles. The predicted molar refractivity (Wildman–Crippen MR) is 120 cm³/mol. The van der Waals surface area contributed by atoms with Crippen molar-refractivity contribution in [1.29, 1.82) is 0 Å². The number of ketones is 1. The summed E-state index contributed by atoms with van der Waals surface area (Å²) in [5, 5.41) is 16.6. The van der Waals surface area contributed by atoms with E-state index in [1.165, 1.54) is 19.2 Å². The molecule has 0 bridgehead atoms. The van der Waals surface area contributed by atoms with Gasteiger partial charge in [-0.15, -0.1) is 11.3 Å². The van der Waals surface area contributed by atoms with Crippen LogP contribution >= 0.6 is 22.9 Å². The first-order valence-electron chi connectivity index (χ1n) is 9.66. The predicted octanol–water partition coefficient (Wildman–Crippen LogP) is 4.12. The molecule has 164 valence electrons. The number of halogens is 2. The number of thiophene rings is 1. The summed E-state index contributed by atoms with van der Waals surface area (Å²) in [6.45, 7) is 0. The van der Waals surface area contributed by atoms with Crippen LogP contribution in [-0.4, -0.2) is 16.0 Å². The van der Waals surface area contributed by atoms with Gasteiger partial charge in [0.15, 0.2) is 13.0 Å². The highest BCUT2D eigenvalue weighted by atomic mass is 35.5. The van der Waals surface area contributed by atoms with E-state index in [4.69, 9.17) is 22.3 Å². The summed E-state index contributed by atoms with van der Waals surface area (Å²) >= 11 is 7.06. The Balaban J connectivity index is 1.78. The van der Waals surface area contributed by atoms with Crippen LogP contribution in [0.15, 0.2) is 59.1 Å². The maximum Gasteiger partial charge on any atom is 0.305 e. The number of fused-ring (bicyclic) bond motifs is 1. The second kappa shape index (κ2) is 7.95. The molecule has 0 amide bonds. The fraction of sp³-hybridized carbons (Fsp3) is 0.0435. The number of carbonyl (C=O) groups excluding carboxylic acids is 1. The van der Waals surface area contributed by atoms with Gasteiger partial charge in [0, 0.05) is 16.0 Å². The molecule has 0 radical (unpaired) electrons. The van der Waals surface area contributed by atoms with E-state index in [0.29, 0.717) is 32.1 Å². The van der Waals surface area contributed by atoms with Crippen LogP contribution < -0.4 is 15.5 Å². The van der Waals surface area contributed by atoms with E-state index >= 15 is 0 Å². The molecule has 2 aromatic carbocycles. The minimum atomic E-state index is -0.862. The van der Waals surface area contributed by atoms with Crippen molar-refractivity contribution in [2.75, 3.05) is 5.73 Å². The topological polar surface area (TPSA) is 109 Å². The molecule has 0 unspecified atom stereocenters. The quantitative estimate of drug-likeness (QED) is 0.306. The number of nitrogens with zero attached hydrogens (tertiary/aromatic N) is 3. The van der Waals surface area contributed by atoms with Crippen molar-refractivity contribution in [1.82, 2.24) is 10.3 Å². The van der Waals surface area contributed by atoms with Crippen LogP contribution in [0.1, 0.15) is 15.4 Å². The van der Waals surface area contributed by atoms with Crippen molar-refractivity contribution in [3.63, 3.8) is 0 Å². The average Bonchev–Trinajstić information content (AvgIpc) is 3.32. The molecule has 5 aromatic rings. The molecule has 0 saturated heterocycles. The number of nitrogens with two attached hydrogens (primary N) is 1. The fourth-order valence-electron chi connectivity index (χ4n) is 3.60. The Labute approximate surface area is 195 Å². The van der Waals surface area contributed by atoms with E-state index in [1.54, 1.807) is 30.3 Å². The minimum absolute atomic E-state index is 0.124. The maximum absolute atomic E-state index is 14.1. The lowest BCUT2D eigenvalue weighted by atomic mass is 9.99. The van der Waals surface area contributed by atoms with Crippen molar-refractivity contribution in [3.8, 4) is 28.3 Å². The first kappa shape index (κ1) is 21.0. The summed E-state index contributed by atoms with van der Waals surface area (Å²) in [6, 6.07) is 15.0. The summed E-state index contributed by atoms with van der Waals surface area (Å²) in [6.07, 6.45) is 0. The normalized spacial score (nSPS) is 11.2. The molecule has 2 N–H and O–H groups in total. The lowest BCUT2D eigenvalue weighted by molar-refractivity contribution is -0.741. The van der Waals surface area contributed by atoms with E-state index < -0.39 is 17.5 Å². The van der Waals surface area contributed by atoms with Gasteiger partial charge in [-0.2, -0.15) is 0 Å². The van der Waals surface area contributed by atoms with Crippen molar-refractivity contribution >= 4 is 44.6 Å². The molecule has 0 aliphatic rings. The second-order valence-electron chi connectivity index (χ2n) is 7.26.